The highest BCUT2D eigenvalue weighted by Crippen LogP contribution is 2.29. The molecule has 1 N–H and O–H groups in total. The van der Waals surface area contributed by atoms with Crippen LogP contribution in [0.2, 0.25) is 5.02 Å². The number of anilines is 1. The van der Waals surface area contributed by atoms with Crippen LogP contribution in [0.5, 0.6) is 0 Å². The number of rotatable bonds is 3. The van der Waals surface area contributed by atoms with Gasteiger partial charge in [-0.1, -0.05) is 17.7 Å². The maximum atomic E-state index is 12.3. The quantitative estimate of drug-likeness (QED) is 0.766. The normalized spacial score (nSPS) is 10.0. The average molecular weight is 334 g/mol. The molecule has 0 unspecified atom stereocenters. The number of pyridine rings is 1. The van der Waals surface area contributed by atoms with Gasteiger partial charge in [-0.25, -0.2) is 0 Å². The van der Waals surface area contributed by atoms with Gasteiger partial charge in [-0.15, -0.1) is 0 Å². The molecule has 2 aromatic carbocycles. The first-order valence-corrected chi connectivity index (χ1v) is 7.57. The standard InChI is InChI=1S/C19H12ClN3O/c20-17-9-8-15(11-16(17)18-3-1-2-10-22-18)23-19(24)14-6-4-13(12-21)5-7-14/h1-11H,(H,23,24). The molecule has 1 heterocycles. The number of carbonyl (C=O) groups excluding carboxylic acids is 1. The maximum Gasteiger partial charge on any atom is 0.255 e. The van der Waals surface area contributed by atoms with Crippen LogP contribution in [0.15, 0.2) is 66.9 Å². The number of hydrogen-bond donors (Lipinski definition) is 1. The predicted molar refractivity (Wildman–Crippen MR) is 93.8 cm³/mol. The SMILES string of the molecule is N#Cc1ccc(C(=O)Nc2ccc(Cl)c(-c3ccccn3)c2)cc1. The van der Waals surface area contributed by atoms with Gasteiger partial charge in [-0.2, -0.15) is 5.26 Å². The summed E-state index contributed by atoms with van der Waals surface area (Å²) in [6, 6.07) is 19.3. The number of amides is 1. The van der Waals surface area contributed by atoms with E-state index in [0.717, 1.165) is 11.3 Å². The van der Waals surface area contributed by atoms with E-state index in [1.165, 1.54) is 0 Å². The highest BCUT2D eigenvalue weighted by atomic mass is 35.5. The first-order valence-electron chi connectivity index (χ1n) is 7.20. The Morgan fingerprint density at radius 3 is 2.54 bits per heavy atom. The monoisotopic (exact) mass is 333 g/mol. The Morgan fingerprint density at radius 1 is 1.08 bits per heavy atom. The van der Waals surface area contributed by atoms with E-state index in [1.54, 1.807) is 48.7 Å². The molecule has 3 aromatic rings. The van der Waals surface area contributed by atoms with Gasteiger partial charge < -0.3 is 5.32 Å². The van der Waals surface area contributed by atoms with Gasteiger partial charge in [0.1, 0.15) is 0 Å². The van der Waals surface area contributed by atoms with E-state index in [0.29, 0.717) is 21.8 Å². The molecule has 1 amide bonds. The number of carbonyl (C=O) groups is 1. The lowest BCUT2D eigenvalue weighted by Crippen LogP contribution is -2.11. The molecule has 0 bridgehead atoms. The minimum absolute atomic E-state index is 0.256. The highest BCUT2D eigenvalue weighted by Gasteiger charge is 2.09. The smallest absolute Gasteiger partial charge is 0.255 e. The molecule has 0 fully saturated rings. The zero-order valence-electron chi connectivity index (χ0n) is 12.5. The minimum Gasteiger partial charge on any atom is -0.322 e. The number of halogens is 1. The topological polar surface area (TPSA) is 65.8 Å². The van der Waals surface area contributed by atoms with Crippen molar-refractivity contribution in [3.8, 4) is 17.3 Å². The third-order valence-electron chi connectivity index (χ3n) is 3.44. The van der Waals surface area contributed by atoms with Crippen molar-refractivity contribution >= 4 is 23.2 Å². The Labute approximate surface area is 144 Å². The molecule has 0 atom stereocenters. The molecule has 0 saturated carbocycles. The maximum absolute atomic E-state index is 12.3. The van der Waals surface area contributed by atoms with Crippen molar-refractivity contribution in [2.75, 3.05) is 5.32 Å². The summed E-state index contributed by atoms with van der Waals surface area (Å²) in [5, 5.41) is 12.2. The van der Waals surface area contributed by atoms with Gasteiger partial charge in [0.15, 0.2) is 0 Å². The largest absolute Gasteiger partial charge is 0.322 e. The third-order valence-corrected chi connectivity index (χ3v) is 3.77. The highest BCUT2D eigenvalue weighted by molar-refractivity contribution is 6.33. The molecule has 1 aromatic heterocycles. The second-order valence-electron chi connectivity index (χ2n) is 5.05. The molecule has 0 aliphatic carbocycles. The first kappa shape index (κ1) is 15.7. The lowest BCUT2D eigenvalue weighted by atomic mass is 10.1. The summed E-state index contributed by atoms with van der Waals surface area (Å²) in [4.78, 5) is 16.6. The summed E-state index contributed by atoms with van der Waals surface area (Å²) in [7, 11) is 0. The van der Waals surface area contributed by atoms with E-state index < -0.39 is 0 Å². The zero-order chi connectivity index (χ0) is 16.9. The van der Waals surface area contributed by atoms with Crippen LogP contribution < -0.4 is 5.32 Å². The molecule has 0 saturated heterocycles. The number of nitrogens with zero attached hydrogens (tertiary/aromatic N) is 2. The van der Waals surface area contributed by atoms with Gasteiger partial charge in [0.2, 0.25) is 0 Å². The van der Waals surface area contributed by atoms with Crippen LogP contribution in [0.1, 0.15) is 15.9 Å². The van der Waals surface area contributed by atoms with Gasteiger partial charge in [0.25, 0.3) is 5.91 Å². The van der Waals surface area contributed by atoms with Gasteiger partial charge in [-0.05, 0) is 54.6 Å². The molecule has 4 nitrogen and oxygen atoms in total. The third kappa shape index (κ3) is 3.43. The number of nitrogens with one attached hydrogen (secondary N) is 1. The molecule has 0 radical (unpaired) electrons. The molecule has 0 spiro atoms. The number of nitriles is 1. The van der Waals surface area contributed by atoms with Crippen LogP contribution in [0.3, 0.4) is 0 Å². The van der Waals surface area contributed by atoms with Gasteiger partial charge in [0, 0.05) is 23.0 Å². The van der Waals surface area contributed by atoms with Crippen LogP contribution in [0.4, 0.5) is 5.69 Å². The van der Waals surface area contributed by atoms with Gasteiger partial charge >= 0.3 is 0 Å². The van der Waals surface area contributed by atoms with Crippen molar-refractivity contribution in [2.24, 2.45) is 0 Å². The number of benzene rings is 2. The fraction of sp³-hybridized carbons (Fsp3) is 0. The van der Waals surface area contributed by atoms with Crippen molar-refractivity contribution < 1.29 is 4.79 Å². The van der Waals surface area contributed by atoms with Crippen molar-refractivity contribution in [3.63, 3.8) is 0 Å². The second-order valence-corrected chi connectivity index (χ2v) is 5.46. The Bertz CT molecular complexity index is 916. The molecule has 24 heavy (non-hydrogen) atoms. The molecular formula is C19H12ClN3O. The summed E-state index contributed by atoms with van der Waals surface area (Å²) in [5.74, 6) is -0.256. The summed E-state index contributed by atoms with van der Waals surface area (Å²) in [6.45, 7) is 0. The molecular weight excluding hydrogens is 322 g/mol. The summed E-state index contributed by atoms with van der Waals surface area (Å²) >= 11 is 6.23. The van der Waals surface area contributed by atoms with Crippen LogP contribution in [-0.4, -0.2) is 10.9 Å². The predicted octanol–water partition coefficient (Wildman–Crippen LogP) is 4.53. The minimum atomic E-state index is -0.256. The fourth-order valence-corrected chi connectivity index (χ4v) is 2.44. The van der Waals surface area contributed by atoms with Gasteiger partial charge in [-0.3, -0.25) is 9.78 Å². The number of aromatic nitrogens is 1. The summed E-state index contributed by atoms with van der Waals surface area (Å²) in [5.41, 5.74) is 3.08. The van der Waals surface area contributed by atoms with Gasteiger partial charge in [0.05, 0.1) is 22.3 Å². The van der Waals surface area contributed by atoms with E-state index in [1.807, 2.05) is 24.3 Å². The number of hydrogen-bond acceptors (Lipinski definition) is 3. The second kappa shape index (κ2) is 6.95. The van der Waals surface area contributed by atoms with E-state index in [-0.39, 0.29) is 5.91 Å². The van der Waals surface area contributed by atoms with Crippen molar-refractivity contribution in [1.82, 2.24) is 4.98 Å². The average Bonchev–Trinajstić information content (AvgIpc) is 2.64. The first-order chi connectivity index (χ1) is 11.7. The Kier molecular flexibility index (Phi) is 4.55. The van der Waals surface area contributed by atoms with Crippen molar-refractivity contribution in [3.05, 3.63) is 83.0 Å². The lowest BCUT2D eigenvalue weighted by molar-refractivity contribution is 0.102. The van der Waals surface area contributed by atoms with E-state index in [9.17, 15) is 4.79 Å². The van der Waals surface area contributed by atoms with E-state index in [4.69, 9.17) is 16.9 Å². The van der Waals surface area contributed by atoms with Crippen molar-refractivity contribution in [1.29, 1.82) is 5.26 Å². The Hall–Kier alpha value is -3.16. The molecule has 3 rings (SSSR count). The molecule has 116 valence electrons. The van der Waals surface area contributed by atoms with E-state index >= 15 is 0 Å². The molecule has 0 aliphatic rings. The van der Waals surface area contributed by atoms with Crippen LogP contribution in [0.25, 0.3) is 11.3 Å². The fourth-order valence-electron chi connectivity index (χ4n) is 2.22. The molecule has 0 aliphatic heterocycles. The zero-order valence-corrected chi connectivity index (χ0v) is 13.3. The Balaban J connectivity index is 1.85. The summed E-state index contributed by atoms with van der Waals surface area (Å²) in [6.07, 6.45) is 1.69. The lowest BCUT2D eigenvalue weighted by Gasteiger charge is -2.09. The van der Waals surface area contributed by atoms with Crippen LogP contribution in [-0.2, 0) is 0 Å². The Morgan fingerprint density at radius 2 is 1.88 bits per heavy atom. The van der Waals surface area contributed by atoms with Crippen LogP contribution in [0, 0.1) is 11.3 Å². The van der Waals surface area contributed by atoms with Crippen LogP contribution >= 0.6 is 11.6 Å². The molecule has 5 heteroatoms. The van der Waals surface area contributed by atoms with Crippen molar-refractivity contribution in [2.45, 2.75) is 0 Å². The van der Waals surface area contributed by atoms with E-state index in [2.05, 4.69) is 10.3 Å². The summed E-state index contributed by atoms with van der Waals surface area (Å²) < 4.78 is 0.